The lowest BCUT2D eigenvalue weighted by Crippen LogP contribution is -2.65. The molecule has 3 saturated carbocycles. The second kappa shape index (κ2) is 5.90. The van der Waals surface area contributed by atoms with Gasteiger partial charge in [-0.2, -0.15) is 0 Å². The summed E-state index contributed by atoms with van der Waals surface area (Å²) in [6, 6.07) is 0. The Morgan fingerprint density at radius 2 is 2.04 bits per heavy atom. The van der Waals surface area contributed by atoms with Gasteiger partial charge in [-0.3, -0.25) is 4.79 Å². The van der Waals surface area contributed by atoms with E-state index in [1.54, 1.807) is 12.7 Å². The number of carbonyl (C=O) groups excluding carboxylic acids is 1. The van der Waals surface area contributed by atoms with Crippen LogP contribution in [0.4, 0.5) is 0 Å². The molecule has 7 atom stereocenters. The number of methoxy groups -OCH3 is 2. The molecule has 4 nitrogen and oxygen atoms in total. The first-order valence-electron chi connectivity index (χ1n) is 11.0. The molecule has 4 bridgehead atoms. The Bertz CT molecular complexity index is 689. The summed E-state index contributed by atoms with van der Waals surface area (Å²) < 4.78 is 12.0. The lowest BCUT2D eigenvalue weighted by Gasteiger charge is -2.63. The standard InChI is InChI=1S/C23H35NO3/c1-5-24-13-21(2)10-8-19(27-4)23(14-24)17(21)7-6-9-22-12-16(26-3)15(20(22)25)11-18(22)23/h7,15-16,18-19H,5-6,8-14H2,1-4H3/t15-,16+,18?,19+,21+,22-,23?/m1/s1. The van der Waals surface area contributed by atoms with Gasteiger partial charge < -0.3 is 14.4 Å². The number of hydrogen-bond acceptors (Lipinski definition) is 4. The number of fused-ring (bicyclic) bond motifs is 1. The van der Waals surface area contributed by atoms with Gasteiger partial charge in [0.1, 0.15) is 5.78 Å². The summed E-state index contributed by atoms with van der Waals surface area (Å²) in [7, 11) is 3.69. The van der Waals surface area contributed by atoms with Crippen LogP contribution in [0.5, 0.6) is 0 Å². The third-order valence-corrected chi connectivity index (χ3v) is 9.34. The Balaban J connectivity index is 1.68. The Labute approximate surface area is 163 Å². The molecule has 0 N–H and O–H groups in total. The van der Waals surface area contributed by atoms with Gasteiger partial charge in [0.25, 0.3) is 0 Å². The van der Waals surface area contributed by atoms with Gasteiger partial charge in [-0.05, 0) is 51.0 Å². The molecule has 1 aliphatic heterocycles. The molecule has 27 heavy (non-hydrogen) atoms. The highest BCUT2D eigenvalue weighted by Crippen LogP contribution is 2.71. The average Bonchev–Trinajstić information content (AvgIpc) is 3.01. The highest BCUT2D eigenvalue weighted by atomic mass is 16.5. The minimum Gasteiger partial charge on any atom is -0.381 e. The first-order valence-corrected chi connectivity index (χ1v) is 11.0. The van der Waals surface area contributed by atoms with Gasteiger partial charge in [0.2, 0.25) is 0 Å². The number of ketones is 1. The van der Waals surface area contributed by atoms with Crippen molar-refractivity contribution in [3.05, 3.63) is 11.6 Å². The zero-order chi connectivity index (χ0) is 19.0. The van der Waals surface area contributed by atoms with Crippen molar-refractivity contribution in [3.63, 3.8) is 0 Å². The molecule has 0 radical (unpaired) electrons. The minimum atomic E-state index is -0.185. The maximum absolute atomic E-state index is 13.5. The maximum atomic E-state index is 13.5. The Morgan fingerprint density at radius 3 is 2.74 bits per heavy atom. The lowest BCUT2D eigenvalue weighted by atomic mass is 9.47. The zero-order valence-electron chi connectivity index (χ0n) is 17.4. The molecule has 4 aliphatic carbocycles. The first kappa shape index (κ1) is 18.3. The third kappa shape index (κ3) is 2.08. The number of ether oxygens (including phenoxy) is 2. The fourth-order valence-corrected chi connectivity index (χ4v) is 8.38. The molecule has 5 rings (SSSR count). The van der Waals surface area contributed by atoms with Gasteiger partial charge >= 0.3 is 0 Å². The van der Waals surface area contributed by atoms with Crippen molar-refractivity contribution >= 4 is 5.78 Å². The predicted molar refractivity (Wildman–Crippen MR) is 104 cm³/mol. The van der Waals surface area contributed by atoms with E-state index in [-0.39, 0.29) is 34.4 Å². The van der Waals surface area contributed by atoms with E-state index in [0.717, 1.165) is 51.7 Å². The van der Waals surface area contributed by atoms with Crippen LogP contribution in [-0.2, 0) is 14.3 Å². The number of allylic oxidation sites excluding steroid dienone is 1. The summed E-state index contributed by atoms with van der Waals surface area (Å²) in [5.74, 6) is 1.04. The molecule has 4 fully saturated rings. The fraction of sp³-hybridized carbons (Fsp3) is 0.870. The Morgan fingerprint density at radius 1 is 1.22 bits per heavy atom. The molecule has 0 amide bonds. The largest absolute Gasteiger partial charge is 0.381 e. The third-order valence-electron chi connectivity index (χ3n) is 9.34. The van der Waals surface area contributed by atoms with Gasteiger partial charge in [0, 0.05) is 49.5 Å². The van der Waals surface area contributed by atoms with Gasteiger partial charge in [0.15, 0.2) is 0 Å². The number of rotatable bonds is 3. The summed E-state index contributed by atoms with van der Waals surface area (Å²) in [6.45, 7) is 8.07. The SMILES string of the molecule is CCN1CC23C(=CCC[C@@]45C[C@H](OC)[C@@H](CC24)C5=O)[C@@](C)(CC[C@@H]3OC)C1. The summed E-state index contributed by atoms with van der Waals surface area (Å²) >= 11 is 0. The number of hydrogen-bond donors (Lipinski definition) is 0. The average molecular weight is 374 g/mol. The second-order valence-corrected chi connectivity index (χ2v) is 10.2. The summed E-state index contributed by atoms with van der Waals surface area (Å²) in [5, 5.41) is 0. The van der Waals surface area contributed by atoms with E-state index in [2.05, 4.69) is 24.8 Å². The van der Waals surface area contributed by atoms with Gasteiger partial charge in [-0.1, -0.05) is 25.5 Å². The first-order chi connectivity index (χ1) is 12.9. The molecule has 5 aliphatic rings. The molecular formula is C23H35NO3. The Hall–Kier alpha value is -0.710. The Kier molecular flexibility index (Phi) is 4.00. The lowest BCUT2D eigenvalue weighted by molar-refractivity contribution is -0.148. The van der Waals surface area contributed by atoms with Crippen LogP contribution in [0.15, 0.2) is 11.6 Å². The molecule has 4 heteroatoms. The summed E-state index contributed by atoms with van der Waals surface area (Å²) in [5.41, 5.74) is 1.71. The molecule has 0 aromatic heterocycles. The molecule has 1 heterocycles. The molecular weight excluding hydrogens is 338 g/mol. The van der Waals surface area contributed by atoms with Crippen LogP contribution in [0.25, 0.3) is 0 Å². The smallest absolute Gasteiger partial charge is 0.145 e. The van der Waals surface area contributed by atoms with E-state index in [1.165, 1.54) is 6.42 Å². The van der Waals surface area contributed by atoms with Crippen molar-refractivity contribution in [3.8, 4) is 0 Å². The zero-order valence-corrected chi connectivity index (χ0v) is 17.4. The van der Waals surface area contributed by atoms with Crippen LogP contribution >= 0.6 is 0 Å². The second-order valence-electron chi connectivity index (χ2n) is 10.2. The van der Waals surface area contributed by atoms with E-state index in [0.29, 0.717) is 11.7 Å². The molecule has 0 aromatic rings. The van der Waals surface area contributed by atoms with E-state index < -0.39 is 0 Å². The molecule has 150 valence electrons. The number of likely N-dealkylation sites (tertiary alicyclic amines) is 1. The van der Waals surface area contributed by atoms with Crippen molar-refractivity contribution < 1.29 is 14.3 Å². The van der Waals surface area contributed by atoms with Crippen molar-refractivity contribution in [1.29, 1.82) is 0 Å². The fourth-order valence-electron chi connectivity index (χ4n) is 8.38. The van der Waals surface area contributed by atoms with Gasteiger partial charge in [-0.25, -0.2) is 0 Å². The van der Waals surface area contributed by atoms with E-state index in [4.69, 9.17) is 9.47 Å². The highest BCUT2D eigenvalue weighted by Gasteiger charge is 2.72. The quantitative estimate of drug-likeness (QED) is 0.710. The molecule has 2 unspecified atom stereocenters. The van der Waals surface area contributed by atoms with E-state index in [1.807, 2.05) is 7.11 Å². The van der Waals surface area contributed by atoms with Crippen molar-refractivity contribution in [2.45, 2.75) is 64.6 Å². The van der Waals surface area contributed by atoms with Crippen LogP contribution in [0.3, 0.4) is 0 Å². The minimum absolute atomic E-state index is 0.00955. The molecule has 0 aromatic carbocycles. The monoisotopic (exact) mass is 373 g/mol. The van der Waals surface area contributed by atoms with E-state index in [9.17, 15) is 4.79 Å². The van der Waals surface area contributed by atoms with Crippen LogP contribution in [-0.4, -0.2) is 56.7 Å². The van der Waals surface area contributed by atoms with E-state index >= 15 is 0 Å². The number of Topliss-reactive ketones (excluding diaryl/α,β-unsaturated/α-hetero) is 1. The summed E-state index contributed by atoms with van der Waals surface area (Å²) in [4.78, 5) is 16.2. The van der Waals surface area contributed by atoms with Crippen LogP contribution in [0.2, 0.25) is 0 Å². The number of nitrogens with zero attached hydrogens (tertiary/aromatic N) is 1. The van der Waals surface area contributed by atoms with Gasteiger partial charge in [0.05, 0.1) is 12.2 Å². The summed E-state index contributed by atoms with van der Waals surface area (Å²) in [6.07, 6.45) is 9.23. The maximum Gasteiger partial charge on any atom is 0.145 e. The van der Waals surface area contributed by atoms with Crippen LogP contribution < -0.4 is 0 Å². The molecule has 1 spiro atoms. The number of piperidine rings is 1. The van der Waals surface area contributed by atoms with Crippen LogP contribution in [0, 0.1) is 28.1 Å². The van der Waals surface area contributed by atoms with Crippen molar-refractivity contribution in [2.24, 2.45) is 28.1 Å². The van der Waals surface area contributed by atoms with Crippen molar-refractivity contribution in [1.82, 2.24) is 4.90 Å². The molecule has 1 saturated heterocycles. The predicted octanol–water partition coefficient (Wildman–Crippen LogP) is 3.45. The van der Waals surface area contributed by atoms with Crippen molar-refractivity contribution in [2.75, 3.05) is 33.9 Å². The normalized spacial score (nSPS) is 51.6. The highest BCUT2D eigenvalue weighted by molar-refractivity contribution is 5.93. The number of carbonyl (C=O) groups is 1. The van der Waals surface area contributed by atoms with Gasteiger partial charge in [-0.15, -0.1) is 0 Å². The van der Waals surface area contributed by atoms with Crippen LogP contribution in [0.1, 0.15) is 52.4 Å². The topological polar surface area (TPSA) is 38.8 Å².